The molecule has 0 aliphatic carbocycles. The summed E-state index contributed by atoms with van der Waals surface area (Å²) in [4.78, 5) is 23.9. The van der Waals surface area contributed by atoms with Crippen molar-refractivity contribution < 1.29 is 26.9 Å². The topological polar surface area (TPSA) is 111 Å². The second-order valence-corrected chi connectivity index (χ2v) is 8.04. The molecule has 2 amide bonds. The molecule has 2 aromatic rings. The van der Waals surface area contributed by atoms with Gasteiger partial charge in [-0.1, -0.05) is 29.8 Å². The maximum Gasteiger partial charge on any atom is 0.339 e. The van der Waals surface area contributed by atoms with Gasteiger partial charge in [-0.15, -0.1) is 0 Å². The molecule has 0 spiro atoms. The van der Waals surface area contributed by atoms with E-state index < -0.39 is 21.9 Å². The number of hydrogen-bond donors (Lipinski definition) is 2. The first kappa shape index (κ1) is 20.8. The van der Waals surface area contributed by atoms with Gasteiger partial charge in [-0.25, -0.2) is 0 Å². The van der Waals surface area contributed by atoms with Crippen LogP contribution in [0.3, 0.4) is 0 Å². The van der Waals surface area contributed by atoms with E-state index in [9.17, 15) is 18.0 Å². The highest BCUT2D eigenvalue weighted by Crippen LogP contribution is 2.38. The minimum atomic E-state index is -4.15. The van der Waals surface area contributed by atoms with Crippen LogP contribution < -0.4 is 19.6 Å². The van der Waals surface area contributed by atoms with Crippen molar-refractivity contribution in [3.63, 3.8) is 0 Å². The van der Waals surface area contributed by atoms with Crippen LogP contribution in [0.1, 0.15) is 5.56 Å². The third kappa shape index (κ3) is 4.56. The Hall–Kier alpha value is -2.95. The number of hydrogen-bond acceptors (Lipinski definition) is 7. The molecule has 1 saturated heterocycles. The molecule has 0 atom stereocenters. The third-order valence-corrected chi connectivity index (χ3v) is 5.45. The zero-order valence-electron chi connectivity index (χ0n) is 14.8. The first-order valence-electron chi connectivity index (χ1n) is 7.96. The minimum absolute atomic E-state index is 0.00370. The molecule has 29 heavy (non-hydrogen) atoms. The monoisotopic (exact) mass is 452 g/mol. The fourth-order valence-corrected chi connectivity index (χ4v) is 3.89. The van der Waals surface area contributed by atoms with Gasteiger partial charge in [0, 0.05) is 0 Å². The van der Waals surface area contributed by atoms with Gasteiger partial charge < -0.3 is 8.92 Å². The molecule has 2 N–H and O–H groups in total. The average Bonchev–Trinajstić information content (AvgIpc) is 2.67. The summed E-state index contributed by atoms with van der Waals surface area (Å²) < 4.78 is 35.3. The van der Waals surface area contributed by atoms with E-state index in [0.717, 1.165) is 0 Å². The molecule has 0 saturated carbocycles. The number of methoxy groups -OCH3 is 1. The first-order valence-corrected chi connectivity index (χ1v) is 10.2. The number of benzene rings is 2. The lowest BCUT2D eigenvalue weighted by atomic mass is 10.1. The number of carbonyl (C=O) groups excluding carboxylic acids is 2. The van der Waals surface area contributed by atoms with Gasteiger partial charge in [0.05, 0.1) is 12.1 Å². The van der Waals surface area contributed by atoms with Crippen LogP contribution >= 0.6 is 23.8 Å². The van der Waals surface area contributed by atoms with Crippen LogP contribution in [0.25, 0.3) is 6.08 Å². The van der Waals surface area contributed by atoms with E-state index in [1.807, 2.05) is 0 Å². The smallest absolute Gasteiger partial charge is 0.339 e. The Morgan fingerprint density at radius 3 is 2.28 bits per heavy atom. The van der Waals surface area contributed by atoms with Crippen LogP contribution in [-0.2, 0) is 19.7 Å². The molecule has 8 nitrogen and oxygen atoms in total. The second-order valence-electron chi connectivity index (χ2n) is 5.68. The normalized spacial score (nSPS) is 14.1. The second kappa shape index (κ2) is 8.19. The van der Waals surface area contributed by atoms with Crippen molar-refractivity contribution in [2.45, 2.75) is 4.90 Å². The lowest BCUT2D eigenvalue weighted by molar-refractivity contribution is -0.123. The highest BCUT2D eigenvalue weighted by molar-refractivity contribution is 7.87. The lowest BCUT2D eigenvalue weighted by Crippen LogP contribution is -2.51. The van der Waals surface area contributed by atoms with Crippen LogP contribution in [0.2, 0.25) is 5.02 Å². The van der Waals surface area contributed by atoms with Gasteiger partial charge >= 0.3 is 10.1 Å². The lowest BCUT2D eigenvalue weighted by Gasteiger charge is -2.17. The zero-order chi connectivity index (χ0) is 21.2. The summed E-state index contributed by atoms with van der Waals surface area (Å²) in [7, 11) is -2.86. The van der Waals surface area contributed by atoms with E-state index in [4.69, 9.17) is 32.7 Å². The fraction of sp³-hybridized carbons (Fsp3) is 0.0556. The molecule has 0 aromatic heterocycles. The summed E-state index contributed by atoms with van der Waals surface area (Å²) in [5.41, 5.74) is 0.103. The van der Waals surface area contributed by atoms with Crippen LogP contribution in [0, 0.1) is 0 Å². The fourth-order valence-electron chi connectivity index (χ4n) is 2.42. The SMILES string of the molecule is COc1cc(C=C2C(=O)NC(=S)NC2=O)cc(Cl)c1OS(=O)(=O)c1ccccc1. The summed E-state index contributed by atoms with van der Waals surface area (Å²) in [6, 6.07) is 10.2. The van der Waals surface area contributed by atoms with E-state index in [2.05, 4.69) is 10.6 Å². The molecular formula is C18H13ClN2O6S2. The summed E-state index contributed by atoms with van der Waals surface area (Å²) in [5, 5.41) is 4.43. The van der Waals surface area contributed by atoms with Crippen molar-refractivity contribution in [3.8, 4) is 11.5 Å². The van der Waals surface area contributed by atoms with Crippen LogP contribution in [0.5, 0.6) is 11.5 Å². The maximum atomic E-state index is 12.5. The Balaban J connectivity index is 1.99. The first-order chi connectivity index (χ1) is 13.7. The Labute approximate surface area is 176 Å². The molecule has 1 aliphatic heterocycles. The number of carbonyl (C=O) groups is 2. The van der Waals surface area contributed by atoms with Gasteiger partial charge in [0.2, 0.25) is 5.75 Å². The molecule has 3 rings (SSSR count). The summed E-state index contributed by atoms with van der Waals surface area (Å²) >= 11 is 10.9. The Bertz CT molecular complexity index is 1120. The van der Waals surface area contributed by atoms with Crippen LogP contribution in [0.15, 0.2) is 52.9 Å². The van der Waals surface area contributed by atoms with Crippen molar-refractivity contribution in [3.05, 3.63) is 58.6 Å². The maximum absolute atomic E-state index is 12.5. The van der Waals surface area contributed by atoms with Crippen molar-refractivity contribution in [1.29, 1.82) is 0 Å². The van der Waals surface area contributed by atoms with Gasteiger partial charge in [0.15, 0.2) is 10.9 Å². The van der Waals surface area contributed by atoms with Gasteiger partial charge in [-0.05, 0) is 48.1 Å². The summed E-state index contributed by atoms with van der Waals surface area (Å²) in [6.45, 7) is 0. The molecule has 1 aliphatic rings. The standard InChI is InChI=1S/C18H13ClN2O6S2/c1-26-14-9-10(7-12-16(22)20-18(28)21-17(12)23)8-13(19)15(14)27-29(24,25)11-5-3-2-4-6-11/h2-9H,1H3,(H2,20,21,22,23,28). The van der Waals surface area contributed by atoms with Crippen LogP contribution in [0.4, 0.5) is 0 Å². The number of nitrogens with one attached hydrogen (secondary N) is 2. The Kier molecular flexibility index (Phi) is 5.87. The van der Waals surface area contributed by atoms with Gasteiger partial charge in [-0.3, -0.25) is 20.2 Å². The summed E-state index contributed by atoms with van der Waals surface area (Å²) in [5.74, 6) is -1.59. The molecule has 150 valence electrons. The average molecular weight is 453 g/mol. The molecular weight excluding hydrogens is 440 g/mol. The number of ether oxygens (including phenoxy) is 1. The quantitative estimate of drug-likeness (QED) is 0.309. The van der Waals surface area contributed by atoms with E-state index >= 15 is 0 Å². The van der Waals surface area contributed by atoms with Gasteiger partial charge in [0.25, 0.3) is 11.8 Å². The van der Waals surface area contributed by atoms with E-state index in [1.54, 1.807) is 18.2 Å². The molecule has 1 fully saturated rings. The molecule has 11 heteroatoms. The number of halogens is 1. The molecule has 0 unspecified atom stereocenters. The molecule has 1 heterocycles. The van der Waals surface area contributed by atoms with E-state index in [-0.39, 0.29) is 32.1 Å². The van der Waals surface area contributed by atoms with Crippen molar-refractivity contribution in [1.82, 2.24) is 10.6 Å². The third-order valence-electron chi connectivity index (χ3n) is 3.73. The largest absolute Gasteiger partial charge is 0.493 e. The van der Waals surface area contributed by atoms with Crippen LogP contribution in [-0.4, -0.2) is 32.5 Å². The number of rotatable bonds is 5. The summed E-state index contributed by atoms with van der Waals surface area (Å²) in [6.07, 6.45) is 1.26. The Morgan fingerprint density at radius 2 is 1.69 bits per heavy atom. The molecule has 0 bridgehead atoms. The Morgan fingerprint density at radius 1 is 1.07 bits per heavy atom. The van der Waals surface area contributed by atoms with E-state index in [0.29, 0.717) is 5.56 Å². The minimum Gasteiger partial charge on any atom is -0.493 e. The van der Waals surface area contributed by atoms with Crippen molar-refractivity contribution >= 4 is 56.9 Å². The highest BCUT2D eigenvalue weighted by Gasteiger charge is 2.26. The molecule has 2 aromatic carbocycles. The van der Waals surface area contributed by atoms with Gasteiger partial charge in [-0.2, -0.15) is 8.42 Å². The van der Waals surface area contributed by atoms with Crippen molar-refractivity contribution in [2.24, 2.45) is 0 Å². The number of thiocarbonyl (C=S) groups is 1. The van der Waals surface area contributed by atoms with E-state index in [1.165, 1.54) is 37.5 Å². The number of amides is 2. The predicted molar refractivity (Wildman–Crippen MR) is 109 cm³/mol. The zero-order valence-corrected chi connectivity index (χ0v) is 17.2. The van der Waals surface area contributed by atoms with Crippen molar-refractivity contribution in [2.75, 3.05) is 7.11 Å². The van der Waals surface area contributed by atoms with Gasteiger partial charge in [0.1, 0.15) is 10.5 Å². The highest BCUT2D eigenvalue weighted by atomic mass is 35.5. The molecule has 0 radical (unpaired) electrons. The predicted octanol–water partition coefficient (Wildman–Crippen LogP) is 2.03.